The third-order valence-corrected chi connectivity index (χ3v) is 6.23. The molecule has 0 spiro atoms. The molecule has 2 aliphatic carbocycles. The fraction of sp³-hybridized carbons (Fsp3) is 0.444. The first-order chi connectivity index (χ1) is 10.7. The van der Waals surface area contributed by atoms with Gasteiger partial charge in [-0.1, -0.05) is 12.1 Å². The number of ether oxygens (including phenoxy) is 1. The van der Waals surface area contributed by atoms with Crippen molar-refractivity contribution in [3.8, 4) is 0 Å². The number of rotatable bonds is 3. The Balaban J connectivity index is 1.66. The van der Waals surface area contributed by atoms with Crippen molar-refractivity contribution in [3.63, 3.8) is 0 Å². The lowest BCUT2D eigenvalue weighted by atomic mass is 9.95. The molecule has 2 aromatic rings. The lowest BCUT2D eigenvalue weighted by Crippen LogP contribution is -2.09. The molecule has 0 N–H and O–H groups in total. The molecular formula is C18H19NO2S. The minimum atomic E-state index is -0.277. The van der Waals surface area contributed by atoms with Crippen LogP contribution in [0, 0.1) is 0 Å². The van der Waals surface area contributed by atoms with Crippen molar-refractivity contribution in [2.75, 3.05) is 7.11 Å². The Labute approximate surface area is 134 Å². The summed E-state index contributed by atoms with van der Waals surface area (Å²) in [6, 6.07) is 7.88. The maximum atomic E-state index is 11.6. The highest BCUT2D eigenvalue weighted by Gasteiger charge is 2.48. The lowest BCUT2D eigenvalue weighted by Gasteiger charge is -2.13. The summed E-state index contributed by atoms with van der Waals surface area (Å²) in [5, 5.41) is 1.28. The van der Waals surface area contributed by atoms with Crippen LogP contribution >= 0.6 is 11.3 Å². The maximum Gasteiger partial charge on any atom is 0.337 e. The number of hydrogen-bond acceptors (Lipinski definition) is 4. The molecule has 4 heteroatoms. The normalized spacial score (nSPS) is 18.6. The number of fused-ring (bicyclic) bond motifs is 1. The van der Waals surface area contributed by atoms with E-state index in [1.165, 1.54) is 47.5 Å². The van der Waals surface area contributed by atoms with Crippen LogP contribution in [0.4, 0.5) is 0 Å². The average Bonchev–Trinajstić information content (AvgIpc) is 3.27. The number of benzene rings is 1. The van der Waals surface area contributed by atoms with Crippen LogP contribution in [0.1, 0.15) is 57.2 Å². The zero-order valence-electron chi connectivity index (χ0n) is 12.7. The fourth-order valence-electron chi connectivity index (χ4n) is 3.35. The highest BCUT2D eigenvalue weighted by molar-refractivity contribution is 7.12. The predicted molar refractivity (Wildman–Crippen MR) is 86.6 cm³/mol. The first-order valence-electron chi connectivity index (χ1n) is 7.91. The van der Waals surface area contributed by atoms with Crippen molar-refractivity contribution in [3.05, 3.63) is 51.0 Å². The second kappa shape index (κ2) is 5.20. The molecule has 0 bridgehead atoms. The van der Waals surface area contributed by atoms with Crippen LogP contribution in [0.3, 0.4) is 0 Å². The van der Waals surface area contributed by atoms with Gasteiger partial charge in [0.2, 0.25) is 0 Å². The molecule has 1 aromatic heterocycles. The fourth-order valence-corrected chi connectivity index (χ4v) is 4.77. The van der Waals surface area contributed by atoms with Crippen LogP contribution in [-0.4, -0.2) is 18.1 Å². The van der Waals surface area contributed by atoms with Gasteiger partial charge in [0.05, 0.1) is 18.4 Å². The van der Waals surface area contributed by atoms with Gasteiger partial charge < -0.3 is 4.74 Å². The molecule has 3 nitrogen and oxygen atoms in total. The molecule has 1 heterocycles. The second-order valence-corrected chi connectivity index (χ2v) is 7.33. The van der Waals surface area contributed by atoms with Crippen molar-refractivity contribution in [1.29, 1.82) is 0 Å². The average molecular weight is 313 g/mol. The number of thiazole rings is 1. The highest BCUT2D eigenvalue weighted by atomic mass is 32.1. The van der Waals surface area contributed by atoms with Gasteiger partial charge in [0, 0.05) is 10.3 Å². The molecule has 1 aromatic carbocycles. The van der Waals surface area contributed by atoms with E-state index < -0.39 is 0 Å². The number of carbonyl (C=O) groups excluding carboxylic acids is 1. The molecule has 2 aliphatic rings. The first kappa shape index (κ1) is 13.9. The summed E-state index contributed by atoms with van der Waals surface area (Å²) < 4.78 is 4.77. The third kappa shape index (κ3) is 2.17. The van der Waals surface area contributed by atoms with E-state index in [1.807, 2.05) is 23.5 Å². The zero-order chi connectivity index (χ0) is 15.2. The van der Waals surface area contributed by atoms with E-state index in [2.05, 4.69) is 12.1 Å². The summed E-state index contributed by atoms with van der Waals surface area (Å²) in [6.45, 7) is 0. The summed E-state index contributed by atoms with van der Waals surface area (Å²) in [5.41, 5.74) is 3.34. The lowest BCUT2D eigenvalue weighted by molar-refractivity contribution is 0.0600. The molecule has 4 rings (SSSR count). The van der Waals surface area contributed by atoms with Gasteiger partial charge >= 0.3 is 5.97 Å². The largest absolute Gasteiger partial charge is 0.465 e. The molecule has 1 fully saturated rings. The maximum absolute atomic E-state index is 11.6. The Hall–Kier alpha value is -1.68. The zero-order valence-corrected chi connectivity index (χ0v) is 13.5. The minimum Gasteiger partial charge on any atom is -0.465 e. The van der Waals surface area contributed by atoms with Crippen LogP contribution in [-0.2, 0) is 23.0 Å². The predicted octanol–water partition coefficient (Wildman–Crippen LogP) is 3.89. The minimum absolute atomic E-state index is 0.108. The number of aromatic nitrogens is 1. The topological polar surface area (TPSA) is 39.2 Å². The molecule has 0 radical (unpaired) electrons. The molecule has 22 heavy (non-hydrogen) atoms. The van der Waals surface area contributed by atoms with Crippen molar-refractivity contribution >= 4 is 17.3 Å². The molecule has 0 saturated heterocycles. The van der Waals surface area contributed by atoms with Gasteiger partial charge in [-0.15, -0.1) is 11.3 Å². The van der Waals surface area contributed by atoms with Gasteiger partial charge in [0.25, 0.3) is 0 Å². The number of carbonyl (C=O) groups is 1. The summed E-state index contributed by atoms with van der Waals surface area (Å²) in [6.07, 6.45) is 7.24. The van der Waals surface area contributed by atoms with E-state index in [-0.39, 0.29) is 11.4 Å². The molecule has 0 unspecified atom stereocenters. The van der Waals surface area contributed by atoms with Gasteiger partial charge in [-0.3, -0.25) is 0 Å². The highest BCUT2D eigenvalue weighted by Crippen LogP contribution is 2.55. The molecule has 0 amide bonds. The van der Waals surface area contributed by atoms with E-state index in [0.717, 1.165) is 19.3 Å². The monoisotopic (exact) mass is 313 g/mol. The number of aryl methyl sites for hydroxylation is 2. The third-order valence-electron chi connectivity index (χ3n) is 4.86. The SMILES string of the molecule is COC(=O)c1ccc(C2(c3nc4c(s3)CCCC4)CC2)cc1. The molecule has 1 saturated carbocycles. The molecule has 0 atom stereocenters. The summed E-state index contributed by atoms with van der Waals surface area (Å²) >= 11 is 1.91. The molecule has 114 valence electrons. The van der Waals surface area contributed by atoms with Crippen molar-refractivity contribution in [2.24, 2.45) is 0 Å². The Morgan fingerprint density at radius 3 is 2.55 bits per heavy atom. The van der Waals surface area contributed by atoms with Crippen molar-refractivity contribution in [2.45, 2.75) is 43.9 Å². The van der Waals surface area contributed by atoms with Crippen LogP contribution in [0.5, 0.6) is 0 Å². The van der Waals surface area contributed by atoms with Gasteiger partial charge in [-0.05, 0) is 56.2 Å². The van der Waals surface area contributed by atoms with Gasteiger partial charge in [-0.25, -0.2) is 9.78 Å². The van der Waals surface area contributed by atoms with Crippen molar-refractivity contribution < 1.29 is 9.53 Å². The van der Waals surface area contributed by atoms with Crippen LogP contribution in [0.2, 0.25) is 0 Å². The summed E-state index contributed by atoms with van der Waals surface area (Å²) in [7, 11) is 1.42. The number of hydrogen-bond donors (Lipinski definition) is 0. The van der Waals surface area contributed by atoms with E-state index in [4.69, 9.17) is 9.72 Å². The Morgan fingerprint density at radius 2 is 1.91 bits per heavy atom. The number of esters is 1. The Bertz CT molecular complexity index is 690. The Morgan fingerprint density at radius 1 is 1.18 bits per heavy atom. The molecule has 0 aliphatic heterocycles. The second-order valence-electron chi connectivity index (χ2n) is 6.25. The van der Waals surface area contributed by atoms with Crippen LogP contribution in [0.25, 0.3) is 0 Å². The van der Waals surface area contributed by atoms with Crippen molar-refractivity contribution in [1.82, 2.24) is 4.98 Å². The van der Waals surface area contributed by atoms with Gasteiger partial charge in [0.15, 0.2) is 0 Å². The summed E-state index contributed by atoms with van der Waals surface area (Å²) in [4.78, 5) is 18.0. The van der Waals surface area contributed by atoms with E-state index in [0.29, 0.717) is 5.56 Å². The standard InChI is InChI=1S/C18H19NO2S/c1-21-16(20)12-6-8-13(9-7-12)18(10-11-18)17-19-14-4-2-3-5-15(14)22-17/h6-9H,2-5,10-11H2,1H3. The quantitative estimate of drug-likeness (QED) is 0.807. The molecular weight excluding hydrogens is 294 g/mol. The van der Waals surface area contributed by atoms with E-state index in [1.54, 1.807) is 0 Å². The summed E-state index contributed by atoms with van der Waals surface area (Å²) in [5.74, 6) is -0.277. The number of methoxy groups -OCH3 is 1. The number of nitrogens with zero attached hydrogens (tertiary/aromatic N) is 1. The van der Waals surface area contributed by atoms with E-state index >= 15 is 0 Å². The van der Waals surface area contributed by atoms with E-state index in [9.17, 15) is 4.79 Å². The first-order valence-corrected chi connectivity index (χ1v) is 8.72. The van der Waals surface area contributed by atoms with Gasteiger partial charge in [-0.2, -0.15) is 0 Å². The van der Waals surface area contributed by atoms with Gasteiger partial charge in [0.1, 0.15) is 5.01 Å². The van der Waals surface area contributed by atoms with Crippen LogP contribution < -0.4 is 0 Å². The smallest absolute Gasteiger partial charge is 0.337 e. The van der Waals surface area contributed by atoms with Crippen LogP contribution in [0.15, 0.2) is 24.3 Å². The Kier molecular flexibility index (Phi) is 3.30.